The molecule has 2 fully saturated rings. The van der Waals surface area contributed by atoms with E-state index >= 15 is 0 Å². The maximum atomic E-state index is 13.1. The lowest BCUT2D eigenvalue weighted by molar-refractivity contribution is -0.139. The van der Waals surface area contributed by atoms with Crippen molar-refractivity contribution in [2.45, 2.75) is 46.5 Å². The van der Waals surface area contributed by atoms with E-state index in [0.717, 1.165) is 48.8 Å². The van der Waals surface area contributed by atoms with E-state index < -0.39 is 0 Å². The molecule has 2 saturated heterocycles. The van der Waals surface area contributed by atoms with Gasteiger partial charge in [0.1, 0.15) is 5.75 Å². The quantitative estimate of drug-likeness (QED) is 0.605. The summed E-state index contributed by atoms with van der Waals surface area (Å²) in [6.45, 7) is 12.9. The standard InChI is InChI=1S/C24H37ClN2O3/c1-4-19(2)16-26-9-5-8-24(17-26,15-23(28)27-10-12-29-13-11-27)18-30-21-6-7-22(25)20(3)14-21/h6-7,14,19H,4-5,8-13,15-18H2,1-3H3/t19-,24+/m1/s1. The van der Waals surface area contributed by atoms with Gasteiger partial charge in [-0.2, -0.15) is 0 Å². The molecule has 2 aliphatic rings. The minimum Gasteiger partial charge on any atom is -0.493 e. The summed E-state index contributed by atoms with van der Waals surface area (Å²) in [7, 11) is 0. The van der Waals surface area contributed by atoms with Crippen LogP contribution >= 0.6 is 11.6 Å². The van der Waals surface area contributed by atoms with Crippen LogP contribution in [0.5, 0.6) is 5.75 Å². The van der Waals surface area contributed by atoms with Crippen LogP contribution in [0.3, 0.4) is 0 Å². The number of nitrogens with zero attached hydrogens (tertiary/aromatic N) is 2. The Labute approximate surface area is 186 Å². The highest BCUT2D eigenvalue weighted by Crippen LogP contribution is 2.36. The van der Waals surface area contributed by atoms with Crippen LogP contribution in [0.2, 0.25) is 5.02 Å². The van der Waals surface area contributed by atoms with Gasteiger partial charge in [-0.25, -0.2) is 0 Å². The van der Waals surface area contributed by atoms with E-state index in [2.05, 4.69) is 18.7 Å². The number of benzene rings is 1. The van der Waals surface area contributed by atoms with Crippen molar-refractivity contribution in [1.29, 1.82) is 0 Å². The van der Waals surface area contributed by atoms with Gasteiger partial charge in [-0.1, -0.05) is 31.9 Å². The molecule has 0 radical (unpaired) electrons. The zero-order valence-electron chi connectivity index (χ0n) is 18.8. The molecular formula is C24H37ClN2O3. The smallest absolute Gasteiger partial charge is 0.223 e. The molecule has 6 heteroatoms. The van der Waals surface area contributed by atoms with Gasteiger partial charge in [-0.05, 0) is 56.0 Å². The molecule has 0 unspecified atom stereocenters. The fourth-order valence-corrected chi connectivity index (χ4v) is 4.66. The van der Waals surface area contributed by atoms with Gasteiger partial charge in [0.25, 0.3) is 0 Å². The molecule has 5 nitrogen and oxygen atoms in total. The fourth-order valence-electron chi connectivity index (χ4n) is 4.54. The number of carbonyl (C=O) groups excluding carboxylic acids is 1. The van der Waals surface area contributed by atoms with Gasteiger partial charge in [0.2, 0.25) is 5.91 Å². The van der Waals surface area contributed by atoms with Crippen molar-refractivity contribution in [1.82, 2.24) is 9.80 Å². The van der Waals surface area contributed by atoms with Crippen LogP contribution in [0.25, 0.3) is 0 Å². The number of hydrogen-bond acceptors (Lipinski definition) is 4. The molecule has 2 heterocycles. The minimum atomic E-state index is -0.158. The summed E-state index contributed by atoms with van der Waals surface area (Å²) in [5.74, 6) is 1.73. The Morgan fingerprint density at radius 2 is 2.07 bits per heavy atom. The second-order valence-corrected chi connectivity index (χ2v) is 9.63. The summed E-state index contributed by atoms with van der Waals surface area (Å²) in [5, 5.41) is 0.747. The summed E-state index contributed by atoms with van der Waals surface area (Å²) in [6.07, 6.45) is 3.84. The van der Waals surface area contributed by atoms with E-state index in [1.807, 2.05) is 30.0 Å². The third kappa shape index (κ3) is 6.35. The van der Waals surface area contributed by atoms with Gasteiger partial charge >= 0.3 is 0 Å². The van der Waals surface area contributed by atoms with Gasteiger partial charge in [-0.15, -0.1) is 0 Å². The van der Waals surface area contributed by atoms with Crippen LogP contribution in [0.1, 0.15) is 45.1 Å². The lowest BCUT2D eigenvalue weighted by atomic mass is 9.77. The van der Waals surface area contributed by atoms with Crippen molar-refractivity contribution in [3.8, 4) is 5.75 Å². The maximum Gasteiger partial charge on any atom is 0.223 e. The Bertz CT molecular complexity index is 708. The van der Waals surface area contributed by atoms with Crippen molar-refractivity contribution in [2.24, 2.45) is 11.3 Å². The number of hydrogen-bond donors (Lipinski definition) is 0. The molecule has 0 bridgehead atoms. The number of morpholine rings is 1. The van der Waals surface area contributed by atoms with Crippen molar-refractivity contribution >= 4 is 17.5 Å². The van der Waals surface area contributed by atoms with Gasteiger partial charge in [0.15, 0.2) is 0 Å². The number of halogens is 1. The average Bonchev–Trinajstić information content (AvgIpc) is 2.75. The first kappa shape index (κ1) is 23.4. The Balaban J connectivity index is 1.72. The zero-order chi connectivity index (χ0) is 21.6. The highest BCUT2D eigenvalue weighted by molar-refractivity contribution is 6.31. The Kier molecular flexibility index (Phi) is 8.44. The van der Waals surface area contributed by atoms with Crippen LogP contribution in [0.4, 0.5) is 0 Å². The molecule has 2 atom stereocenters. The van der Waals surface area contributed by atoms with E-state index in [9.17, 15) is 4.79 Å². The highest BCUT2D eigenvalue weighted by Gasteiger charge is 2.39. The van der Waals surface area contributed by atoms with Gasteiger partial charge in [0.05, 0.1) is 19.8 Å². The molecule has 1 aromatic carbocycles. The third-order valence-electron chi connectivity index (χ3n) is 6.57. The fraction of sp³-hybridized carbons (Fsp3) is 0.708. The largest absolute Gasteiger partial charge is 0.493 e. The maximum absolute atomic E-state index is 13.1. The molecule has 0 saturated carbocycles. The lowest BCUT2D eigenvalue weighted by Crippen LogP contribution is -2.51. The lowest BCUT2D eigenvalue weighted by Gasteiger charge is -2.44. The number of carbonyl (C=O) groups is 1. The number of rotatable bonds is 8. The summed E-state index contributed by atoms with van der Waals surface area (Å²) >= 11 is 6.17. The highest BCUT2D eigenvalue weighted by atomic mass is 35.5. The molecule has 0 spiro atoms. The van der Waals surface area contributed by atoms with E-state index in [4.69, 9.17) is 21.1 Å². The molecule has 30 heavy (non-hydrogen) atoms. The summed E-state index contributed by atoms with van der Waals surface area (Å²) in [4.78, 5) is 17.7. The number of aryl methyl sites for hydroxylation is 1. The number of likely N-dealkylation sites (tertiary alicyclic amines) is 1. The van der Waals surface area contributed by atoms with Crippen LogP contribution in [-0.4, -0.2) is 68.3 Å². The number of piperidine rings is 1. The van der Waals surface area contributed by atoms with E-state index in [0.29, 0.717) is 45.2 Å². The second kappa shape index (κ2) is 10.8. The molecule has 1 aromatic rings. The first-order valence-corrected chi connectivity index (χ1v) is 11.8. The average molecular weight is 437 g/mol. The topological polar surface area (TPSA) is 42.0 Å². The van der Waals surface area contributed by atoms with Crippen molar-refractivity contribution in [3.63, 3.8) is 0 Å². The van der Waals surface area contributed by atoms with Crippen LogP contribution in [-0.2, 0) is 9.53 Å². The molecule has 3 rings (SSSR count). The zero-order valence-corrected chi connectivity index (χ0v) is 19.5. The molecule has 0 aliphatic carbocycles. The summed E-state index contributed by atoms with van der Waals surface area (Å²) in [6, 6.07) is 5.79. The number of ether oxygens (including phenoxy) is 2. The van der Waals surface area contributed by atoms with E-state index in [-0.39, 0.29) is 11.3 Å². The summed E-state index contributed by atoms with van der Waals surface area (Å²) in [5.41, 5.74) is 0.851. The monoisotopic (exact) mass is 436 g/mol. The van der Waals surface area contributed by atoms with Gasteiger partial charge < -0.3 is 19.3 Å². The SMILES string of the molecule is CC[C@@H](C)CN1CCC[C@](COc2ccc(Cl)c(C)c2)(CC(=O)N2CCOCC2)C1. The van der Waals surface area contributed by atoms with Crippen LogP contribution in [0.15, 0.2) is 18.2 Å². The Hall–Kier alpha value is -1.30. The normalized spacial score (nSPS) is 23.9. The predicted molar refractivity (Wildman–Crippen MR) is 121 cm³/mol. The van der Waals surface area contributed by atoms with Crippen molar-refractivity contribution in [2.75, 3.05) is 52.5 Å². The Morgan fingerprint density at radius 3 is 2.77 bits per heavy atom. The van der Waals surface area contributed by atoms with E-state index in [1.54, 1.807) is 0 Å². The van der Waals surface area contributed by atoms with Crippen molar-refractivity contribution in [3.05, 3.63) is 28.8 Å². The van der Waals surface area contributed by atoms with E-state index in [1.165, 1.54) is 6.42 Å². The second-order valence-electron chi connectivity index (χ2n) is 9.22. The molecular weight excluding hydrogens is 400 g/mol. The van der Waals surface area contributed by atoms with Gasteiger partial charge in [-0.3, -0.25) is 4.79 Å². The summed E-state index contributed by atoms with van der Waals surface area (Å²) < 4.78 is 11.7. The first-order valence-electron chi connectivity index (χ1n) is 11.4. The number of amides is 1. The molecule has 0 N–H and O–H groups in total. The molecule has 1 amide bonds. The molecule has 168 valence electrons. The van der Waals surface area contributed by atoms with Crippen molar-refractivity contribution < 1.29 is 14.3 Å². The van der Waals surface area contributed by atoms with Crippen LogP contribution < -0.4 is 4.74 Å². The first-order chi connectivity index (χ1) is 14.4. The third-order valence-corrected chi connectivity index (χ3v) is 7.00. The van der Waals surface area contributed by atoms with Gasteiger partial charge in [0, 0.05) is 43.0 Å². The minimum absolute atomic E-state index is 0.158. The molecule has 0 aromatic heterocycles. The Morgan fingerprint density at radius 1 is 1.30 bits per heavy atom. The molecule has 2 aliphatic heterocycles. The van der Waals surface area contributed by atoms with Crippen LogP contribution in [0, 0.1) is 18.3 Å². The predicted octanol–water partition coefficient (Wildman–Crippen LogP) is 4.40.